The van der Waals surface area contributed by atoms with E-state index in [0.717, 1.165) is 58.3 Å². The van der Waals surface area contributed by atoms with E-state index in [2.05, 4.69) is 36.6 Å². The van der Waals surface area contributed by atoms with E-state index in [1.54, 1.807) is 0 Å². The van der Waals surface area contributed by atoms with Crippen molar-refractivity contribution >= 4 is 17.8 Å². The van der Waals surface area contributed by atoms with Crippen LogP contribution < -0.4 is 10.6 Å². The average Bonchev–Trinajstić information content (AvgIpc) is 0.754. The topological polar surface area (TPSA) is 373 Å². The molecule has 3 aliphatic heterocycles. The molecule has 104 heavy (non-hydrogen) atoms. The van der Waals surface area contributed by atoms with Gasteiger partial charge in [-0.3, -0.25) is 9.59 Å². The Hall–Kier alpha value is -2.53. The molecule has 18 atom stereocenters. The highest BCUT2D eigenvalue weighted by Crippen LogP contribution is 2.39. The van der Waals surface area contributed by atoms with Gasteiger partial charge in [0, 0.05) is 19.8 Å². The van der Waals surface area contributed by atoms with Crippen molar-refractivity contribution in [3.05, 3.63) is 12.2 Å². The summed E-state index contributed by atoms with van der Waals surface area (Å²) in [5.74, 6) is -6.09. The molecule has 0 spiro atoms. The van der Waals surface area contributed by atoms with E-state index >= 15 is 0 Å². The molecule has 23 nitrogen and oxygen atoms in total. The minimum absolute atomic E-state index is 0.225. The van der Waals surface area contributed by atoms with Crippen molar-refractivity contribution in [2.24, 2.45) is 0 Å². The lowest BCUT2D eigenvalue weighted by Gasteiger charge is -2.50. The van der Waals surface area contributed by atoms with Gasteiger partial charge in [0.2, 0.25) is 11.8 Å². The zero-order valence-corrected chi connectivity index (χ0v) is 64.9. The molecule has 23 heteroatoms. The van der Waals surface area contributed by atoms with Crippen LogP contribution in [-0.2, 0) is 42.8 Å². The number of aliphatic carboxylic acids is 1. The van der Waals surface area contributed by atoms with Crippen LogP contribution in [-0.4, -0.2) is 215 Å². The monoisotopic (exact) mass is 1490 g/mol. The van der Waals surface area contributed by atoms with Crippen LogP contribution in [0.2, 0.25) is 0 Å². The molecule has 0 aromatic rings. The Bertz CT molecular complexity index is 2120. The van der Waals surface area contributed by atoms with E-state index in [1.165, 1.54) is 244 Å². The molecule has 0 aliphatic carbocycles. The number of ether oxygens (including phenoxy) is 6. The number of carbonyl (C=O) groups is 3. The molecule has 0 aromatic carbocycles. The molecule has 3 rings (SSSR count). The molecule has 0 bridgehead atoms. The highest BCUT2D eigenvalue weighted by atomic mass is 16.8. The number of carboxylic acids is 1. The van der Waals surface area contributed by atoms with E-state index in [9.17, 15) is 75.7 Å². The molecular weight excluding hydrogens is 1340 g/mol. The lowest BCUT2D eigenvalue weighted by atomic mass is 9.88. The lowest BCUT2D eigenvalue weighted by molar-refractivity contribution is -0.386. The summed E-state index contributed by atoms with van der Waals surface area (Å²) in [5.41, 5.74) is 0. The Morgan fingerprint density at radius 2 is 0.894 bits per heavy atom. The summed E-state index contributed by atoms with van der Waals surface area (Å²) < 4.78 is 35.0. The van der Waals surface area contributed by atoms with E-state index in [-0.39, 0.29) is 18.9 Å². The van der Waals surface area contributed by atoms with Gasteiger partial charge in [0.15, 0.2) is 12.6 Å². The smallest absolute Gasteiger partial charge is 0.364 e. The van der Waals surface area contributed by atoms with Crippen molar-refractivity contribution < 1.29 is 104 Å². The van der Waals surface area contributed by atoms with Crippen molar-refractivity contribution in [3.63, 3.8) is 0 Å². The van der Waals surface area contributed by atoms with Gasteiger partial charge in [0.05, 0.1) is 50.7 Å². The standard InChI is InChI=1S/C81H152N2O21/c1-4-6-8-10-12-14-16-18-20-22-24-26-28-29-30-31-33-35-37-39-41-43-45-47-49-51-53-55-68(91)83-62(63(88)54-52-50-48-46-44-42-40-38-36-34-32-27-25-23-21-19-17-15-13-11-9-7-5-2)60-99-78-73(95)72(94)75(67(59-86)101-78)102-79-74(96)77(71(93)66(58-85)100-79)104-81(80(97)98)56-64(89)69(82-61(3)87)76(103-81)70(92)65(90)57-84/h29-30,62-67,69-79,84-86,88-90,92-96H,4-28,31-60H2,1-3H3,(H,82,87)(H,83,91)(H,97,98)/b30-29-. The van der Waals surface area contributed by atoms with Crippen molar-refractivity contribution in [1.29, 1.82) is 0 Å². The fraction of sp³-hybridized carbons (Fsp3) is 0.938. The van der Waals surface area contributed by atoms with Crippen LogP contribution >= 0.6 is 0 Å². The lowest BCUT2D eigenvalue weighted by Crippen LogP contribution is -2.70. The van der Waals surface area contributed by atoms with Gasteiger partial charge in [0.1, 0.15) is 67.1 Å². The first-order valence-electron chi connectivity index (χ1n) is 42.0. The summed E-state index contributed by atoms with van der Waals surface area (Å²) in [6.45, 7) is 2.27. The van der Waals surface area contributed by atoms with Crippen molar-refractivity contribution in [3.8, 4) is 0 Å². The van der Waals surface area contributed by atoms with E-state index < -0.39 is 148 Å². The molecular formula is C81H152N2O21. The molecule has 2 amide bonds. The van der Waals surface area contributed by atoms with Crippen LogP contribution in [0.3, 0.4) is 0 Å². The Kier molecular flexibility index (Phi) is 55.4. The van der Waals surface area contributed by atoms with Crippen LogP contribution in [0, 0.1) is 0 Å². The number of aliphatic hydroxyl groups is 11. The first-order valence-corrected chi connectivity index (χ1v) is 42.0. The second-order valence-electron chi connectivity index (χ2n) is 30.7. The van der Waals surface area contributed by atoms with E-state index in [0.29, 0.717) is 19.3 Å². The normalized spacial score (nSPS) is 26.4. The fourth-order valence-corrected chi connectivity index (χ4v) is 14.8. The number of rotatable bonds is 67. The molecule has 0 radical (unpaired) electrons. The summed E-state index contributed by atoms with van der Waals surface area (Å²) in [6.07, 6.45) is 36.3. The first kappa shape index (κ1) is 95.7. The summed E-state index contributed by atoms with van der Waals surface area (Å²) in [5, 5.41) is 137. The fourth-order valence-electron chi connectivity index (χ4n) is 14.8. The SMILES string of the molecule is CCCCCCCCCCCCCC/C=C\CCCCCCCCCCCCCC(=O)NC(COC1OC(CO)C(OC2OC(CO)C(O)C(OC3(C(=O)O)CC(O)C(NC(C)=O)C(C(O)C(O)CO)O3)C2O)C(O)C1O)C(O)CCCCCCCCCCCCCCCCCCCCCCCCC. The molecule has 0 aromatic heterocycles. The number of allylic oxidation sites excluding steroid dienone is 2. The number of carboxylic acid groups (broad SMARTS) is 1. The average molecular weight is 1490 g/mol. The van der Waals surface area contributed by atoms with Crippen LogP contribution in [0.15, 0.2) is 12.2 Å². The molecule has 3 aliphatic rings. The van der Waals surface area contributed by atoms with Crippen LogP contribution in [0.5, 0.6) is 0 Å². The maximum absolute atomic E-state index is 13.6. The molecule has 0 saturated carbocycles. The molecule has 3 heterocycles. The van der Waals surface area contributed by atoms with Gasteiger partial charge in [-0.25, -0.2) is 4.79 Å². The first-order chi connectivity index (χ1) is 50.4. The Morgan fingerprint density at radius 3 is 1.30 bits per heavy atom. The number of aliphatic hydroxyl groups excluding tert-OH is 11. The van der Waals surface area contributed by atoms with E-state index in [1.807, 2.05) is 0 Å². The third kappa shape index (κ3) is 39.9. The van der Waals surface area contributed by atoms with Crippen LogP contribution in [0.4, 0.5) is 0 Å². The number of amides is 2. The largest absolute Gasteiger partial charge is 0.477 e. The number of hydrogen-bond acceptors (Lipinski definition) is 20. The van der Waals surface area contributed by atoms with Crippen molar-refractivity contribution in [2.75, 3.05) is 26.4 Å². The van der Waals surface area contributed by atoms with Crippen molar-refractivity contribution in [2.45, 2.75) is 458 Å². The second kappa shape index (κ2) is 60.2. The molecule has 3 saturated heterocycles. The predicted molar refractivity (Wildman–Crippen MR) is 403 cm³/mol. The van der Waals surface area contributed by atoms with Gasteiger partial charge in [0.25, 0.3) is 5.79 Å². The summed E-state index contributed by atoms with van der Waals surface area (Å²) in [6, 6.07) is -2.53. The van der Waals surface area contributed by atoms with Gasteiger partial charge in [-0.2, -0.15) is 0 Å². The zero-order chi connectivity index (χ0) is 76.0. The number of nitrogens with one attached hydrogen (secondary N) is 2. The molecule has 3 fully saturated rings. The molecule has 612 valence electrons. The second-order valence-corrected chi connectivity index (χ2v) is 30.7. The van der Waals surface area contributed by atoms with Crippen LogP contribution in [0.1, 0.15) is 348 Å². The van der Waals surface area contributed by atoms with Crippen molar-refractivity contribution in [1.82, 2.24) is 10.6 Å². The van der Waals surface area contributed by atoms with Gasteiger partial charge < -0.3 is 100 Å². The predicted octanol–water partition coefficient (Wildman–Crippen LogP) is 11.7. The highest BCUT2D eigenvalue weighted by molar-refractivity contribution is 5.77. The number of carbonyl (C=O) groups excluding carboxylic acids is 2. The third-order valence-corrected chi connectivity index (χ3v) is 21.5. The number of hydrogen-bond donors (Lipinski definition) is 14. The number of unbranched alkanes of at least 4 members (excludes halogenated alkanes) is 45. The summed E-state index contributed by atoms with van der Waals surface area (Å²) >= 11 is 0. The molecule has 14 N–H and O–H groups in total. The Labute approximate surface area is 626 Å². The highest BCUT2D eigenvalue weighted by Gasteiger charge is 2.60. The minimum Gasteiger partial charge on any atom is -0.477 e. The van der Waals surface area contributed by atoms with Gasteiger partial charge in [-0.05, 0) is 38.5 Å². The third-order valence-electron chi connectivity index (χ3n) is 21.5. The zero-order valence-electron chi connectivity index (χ0n) is 64.9. The van der Waals surface area contributed by atoms with Gasteiger partial charge >= 0.3 is 5.97 Å². The maximum atomic E-state index is 13.6. The quantitative estimate of drug-likeness (QED) is 0.0199. The van der Waals surface area contributed by atoms with Crippen LogP contribution in [0.25, 0.3) is 0 Å². The van der Waals surface area contributed by atoms with Gasteiger partial charge in [-0.15, -0.1) is 0 Å². The van der Waals surface area contributed by atoms with E-state index in [4.69, 9.17) is 28.4 Å². The maximum Gasteiger partial charge on any atom is 0.364 e. The Balaban J connectivity index is 1.50. The minimum atomic E-state index is -3.08. The Morgan fingerprint density at radius 1 is 0.490 bits per heavy atom. The summed E-state index contributed by atoms with van der Waals surface area (Å²) in [4.78, 5) is 38.7. The van der Waals surface area contributed by atoms with Gasteiger partial charge in [-0.1, -0.05) is 302 Å². The molecule has 18 unspecified atom stereocenters. The summed E-state index contributed by atoms with van der Waals surface area (Å²) in [7, 11) is 0.